The number of nitrogens with zero attached hydrogens (tertiary/aromatic N) is 2. The fourth-order valence-electron chi connectivity index (χ4n) is 2.52. The minimum Gasteiger partial charge on any atom is -0.409 e. The third-order valence-electron chi connectivity index (χ3n) is 3.68. The first-order valence-corrected chi connectivity index (χ1v) is 5.70. The zero-order valence-corrected chi connectivity index (χ0v) is 10.1. The van der Waals surface area contributed by atoms with Gasteiger partial charge in [-0.05, 0) is 32.1 Å². The molecule has 0 radical (unpaired) electrons. The van der Waals surface area contributed by atoms with Gasteiger partial charge in [-0.1, -0.05) is 19.0 Å². The monoisotopic (exact) mass is 213 g/mol. The van der Waals surface area contributed by atoms with E-state index in [1.807, 2.05) is 6.92 Å². The van der Waals surface area contributed by atoms with Crippen molar-refractivity contribution < 1.29 is 5.21 Å². The van der Waals surface area contributed by atoms with Crippen molar-refractivity contribution in [1.82, 2.24) is 4.90 Å². The van der Waals surface area contributed by atoms with Gasteiger partial charge in [-0.25, -0.2) is 0 Å². The second kappa shape index (κ2) is 4.84. The van der Waals surface area contributed by atoms with Crippen LogP contribution in [0.3, 0.4) is 0 Å². The number of hydrogen-bond donors (Lipinski definition) is 2. The quantitative estimate of drug-likeness (QED) is 0.316. The molecule has 3 N–H and O–H groups in total. The van der Waals surface area contributed by atoms with Gasteiger partial charge in [0.25, 0.3) is 0 Å². The Morgan fingerprint density at radius 3 is 2.60 bits per heavy atom. The molecule has 0 aromatic rings. The van der Waals surface area contributed by atoms with E-state index in [1.54, 1.807) is 0 Å². The van der Waals surface area contributed by atoms with Gasteiger partial charge in [-0.3, -0.25) is 4.90 Å². The molecule has 0 aromatic carbocycles. The molecule has 1 rings (SSSR count). The van der Waals surface area contributed by atoms with Crippen LogP contribution in [0.1, 0.15) is 34.1 Å². The van der Waals surface area contributed by atoms with Crippen molar-refractivity contribution >= 4 is 5.84 Å². The zero-order chi connectivity index (χ0) is 11.6. The summed E-state index contributed by atoms with van der Waals surface area (Å²) in [7, 11) is 0. The molecule has 1 aliphatic rings. The lowest BCUT2D eigenvalue weighted by Crippen LogP contribution is -2.54. The van der Waals surface area contributed by atoms with Gasteiger partial charge >= 0.3 is 0 Å². The van der Waals surface area contributed by atoms with Crippen LogP contribution < -0.4 is 5.73 Å². The van der Waals surface area contributed by atoms with Gasteiger partial charge < -0.3 is 10.9 Å². The Morgan fingerprint density at radius 2 is 2.07 bits per heavy atom. The fourth-order valence-corrected chi connectivity index (χ4v) is 2.52. The highest BCUT2D eigenvalue weighted by Gasteiger charge is 2.32. The average Bonchev–Trinajstić information content (AvgIpc) is 2.21. The van der Waals surface area contributed by atoms with Gasteiger partial charge in [-0.2, -0.15) is 0 Å². The van der Waals surface area contributed by atoms with Crippen LogP contribution in [0.5, 0.6) is 0 Å². The molecule has 1 heterocycles. The van der Waals surface area contributed by atoms with Crippen molar-refractivity contribution in [3.8, 4) is 0 Å². The predicted octanol–water partition coefficient (Wildman–Crippen LogP) is 1.49. The highest BCUT2D eigenvalue weighted by atomic mass is 16.4. The summed E-state index contributed by atoms with van der Waals surface area (Å²) in [4.78, 5) is 2.33. The van der Waals surface area contributed by atoms with E-state index in [1.165, 1.54) is 6.42 Å². The van der Waals surface area contributed by atoms with Crippen LogP contribution >= 0.6 is 0 Å². The topological polar surface area (TPSA) is 61.8 Å². The smallest absolute Gasteiger partial charge is 0.156 e. The van der Waals surface area contributed by atoms with E-state index in [0.29, 0.717) is 23.7 Å². The van der Waals surface area contributed by atoms with Crippen molar-refractivity contribution in [1.29, 1.82) is 0 Å². The second-order valence-electron chi connectivity index (χ2n) is 4.96. The van der Waals surface area contributed by atoms with Crippen molar-refractivity contribution in [2.75, 3.05) is 6.54 Å². The molecule has 0 bridgehead atoms. The minimum absolute atomic E-state index is 0.0233. The van der Waals surface area contributed by atoms with Gasteiger partial charge in [0.1, 0.15) is 0 Å². The van der Waals surface area contributed by atoms with E-state index in [-0.39, 0.29) is 6.04 Å². The lowest BCUT2D eigenvalue weighted by molar-refractivity contribution is 0.0666. The Bertz CT molecular complexity index is 242. The number of hydrogen-bond acceptors (Lipinski definition) is 3. The SMILES string of the molecule is CC1CC(C)C(C)N(C(C)C(N)=NO)C1. The standard InChI is InChI=1S/C11H23N3O/c1-7-5-8(2)9(3)14(6-7)10(4)11(12)13-15/h7-10,15H,5-6H2,1-4H3,(H2,12,13). The molecule has 15 heavy (non-hydrogen) atoms. The van der Waals surface area contributed by atoms with E-state index >= 15 is 0 Å². The molecule has 0 amide bonds. The first-order chi connectivity index (χ1) is 6.97. The second-order valence-corrected chi connectivity index (χ2v) is 4.96. The van der Waals surface area contributed by atoms with E-state index < -0.39 is 0 Å². The Labute approximate surface area is 92.1 Å². The molecule has 1 fully saturated rings. The molecule has 1 aliphatic heterocycles. The number of nitrogens with two attached hydrogens (primary N) is 1. The third kappa shape index (κ3) is 2.62. The summed E-state index contributed by atoms with van der Waals surface area (Å²) in [6.45, 7) is 9.78. The maximum atomic E-state index is 8.69. The molecule has 4 atom stereocenters. The summed E-state index contributed by atoms with van der Waals surface area (Å²) >= 11 is 0. The molecule has 1 saturated heterocycles. The van der Waals surface area contributed by atoms with Crippen LogP contribution in [0, 0.1) is 11.8 Å². The lowest BCUT2D eigenvalue weighted by Gasteiger charge is -2.43. The van der Waals surface area contributed by atoms with Gasteiger partial charge in [0, 0.05) is 12.6 Å². The Morgan fingerprint density at radius 1 is 1.47 bits per heavy atom. The van der Waals surface area contributed by atoms with E-state index in [4.69, 9.17) is 10.9 Å². The number of piperidine rings is 1. The third-order valence-corrected chi connectivity index (χ3v) is 3.68. The largest absolute Gasteiger partial charge is 0.409 e. The molecule has 0 spiro atoms. The molecular weight excluding hydrogens is 190 g/mol. The molecule has 88 valence electrons. The molecule has 4 unspecified atom stereocenters. The highest BCUT2D eigenvalue weighted by molar-refractivity contribution is 5.84. The van der Waals surface area contributed by atoms with Crippen molar-refractivity contribution in [2.45, 2.75) is 46.2 Å². The summed E-state index contributed by atoms with van der Waals surface area (Å²) in [5, 5.41) is 11.8. The highest BCUT2D eigenvalue weighted by Crippen LogP contribution is 2.28. The van der Waals surface area contributed by atoms with E-state index in [2.05, 4.69) is 30.8 Å². The number of amidine groups is 1. The maximum absolute atomic E-state index is 8.69. The van der Waals surface area contributed by atoms with E-state index in [0.717, 1.165) is 6.54 Å². The Hall–Kier alpha value is -0.770. The molecular formula is C11H23N3O. The van der Waals surface area contributed by atoms with Crippen LogP contribution in [-0.4, -0.2) is 34.6 Å². The normalized spacial score (nSPS) is 36.5. The summed E-state index contributed by atoms with van der Waals surface area (Å²) in [6, 6.07) is 0.520. The summed E-state index contributed by atoms with van der Waals surface area (Å²) in [5.41, 5.74) is 5.66. The van der Waals surface area contributed by atoms with Gasteiger partial charge in [-0.15, -0.1) is 0 Å². The lowest BCUT2D eigenvalue weighted by atomic mass is 9.85. The molecule has 4 nitrogen and oxygen atoms in total. The molecule has 4 heteroatoms. The van der Waals surface area contributed by atoms with Crippen LogP contribution in [0.25, 0.3) is 0 Å². The molecule has 0 saturated carbocycles. The fraction of sp³-hybridized carbons (Fsp3) is 0.909. The van der Waals surface area contributed by atoms with E-state index in [9.17, 15) is 0 Å². The van der Waals surface area contributed by atoms with Crippen LogP contribution in [0.4, 0.5) is 0 Å². The van der Waals surface area contributed by atoms with Gasteiger partial charge in [0.05, 0.1) is 6.04 Å². The number of oxime groups is 1. The first kappa shape index (κ1) is 12.3. The summed E-state index contributed by atoms with van der Waals surface area (Å²) < 4.78 is 0. The minimum atomic E-state index is 0.0233. The average molecular weight is 213 g/mol. The van der Waals surface area contributed by atoms with Crippen molar-refractivity contribution in [3.05, 3.63) is 0 Å². The Balaban J connectivity index is 2.74. The van der Waals surface area contributed by atoms with Crippen molar-refractivity contribution in [3.63, 3.8) is 0 Å². The van der Waals surface area contributed by atoms with Gasteiger partial charge in [0.15, 0.2) is 5.84 Å². The van der Waals surface area contributed by atoms with Crippen molar-refractivity contribution in [2.24, 2.45) is 22.7 Å². The summed E-state index contributed by atoms with van der Waals surface area (Å²) in [5.74, 6) is 1.66. The maximum Gasteiger partial charge on any atom is 0.156 e. The Kier molecular flexibility index (Phi) is 3.97. The van der Waals surface area contributed by atoms with Crippen LogP contribution in [0.15, 0.2) is 5.16 Å². The van der Waals surface area contributed by atoms with Gasteiger partial charge in [0.2, 0.25) is 0 Å². The first-order valence-electron chi connectivity index (χ1n) is 5.70. The predicted molar refractivity (Wildman–Crippen MR) is 62.0 cm³/mol. The number of likely N-dealkylation sites (tertiary alicyclic amines) is 1. The number of rotatable bonds is 2. The molecule has 0 aromatic heterocycles. The molecule has 0 aliphatic carbocycles. The zero-order valence-electron chi connectivity index (χ0n) is 10.1. The van der Waals surface area contributed by atoms with Crippen LogP contribution in [-0.2, 0) is 0 Å². The summed E-state index contributed by atoms with van der Waals surface area (Å²) in [6.07, 6.45) is 1.26. The van der Waals surface area contributed by atoms with Crippen LogP contribution in [0.2, 0.25) is 0 Å².